The molecule has 3 aliphatic heterocycles. The molecule has 0 saturated carbocycles. The molecule has 33 heavy (non-hydrogen) atoms. The molecule has 3 aliphatic rings. The van der Waals surface area contributed by atoms with Crippen molar-refractivity contribution < 1.29 is 19.9 Å². The van der Waals surface area contributed by atoms with Gasteiger partial charge in [-0.15, -0.1) is 0 Å². The molecule has 0 aromatic carbocycles. The maximum atomic E-state index is 12.9. The quantitative estimate of drug-likeness (QED) is 0.645. The van der Waals surface area contributed by atoms with Crippen molar-refractivity contribution in [2.45, 2.75) is 122 Å². The number of carbonyl (C=O) groups excluding carboxylic acids is 1. The molecule has 0 spiro atoms. The fraction of sp³-hybridized carbons (Fsp3) is 0.769. The van der Waals surface area contributed by atoms with Gasteiger partial charge in [0.25, 0.3) is 0 Å². The van der Waals surface area contributed by atoms with E-state index in [0.29, 0.717) is 32.1 Å². The van der Waals surface area contributed by atoms with Gasteiger partial charge in [0.05, 0.1) is 0 Å². The lowest BCUT2D eigenvalue weighted by Crippen LogP contribution is -2.71. The summed E-state index contributed by atoms with van der Waals surface area (Å²) in [5, 5.41) is 22.7. The lowest BCUT2D eigenvalue weighted by Gasteiger charge is -2.61. The van der Waals surface area contributed by atoms with Gasteiger partial charge >= 0.3 is 5.97 Å². The first-order valence-electron chi connectivity index (χ1n) is 12.2. The van der Waals surface area contributed by atoms with Gasteiger partial charge in [-0.2, -0.15) is 5.06 Å². The van der Waals surface area contributed by atoms with Gasteiger partial charge in [0, 0.05) is 40.8 Å². The number of carboxylic acids is 1. The van der Waals surface area contributed by atoms with Crippen LogP contribution in [0.4, 0.5) is 0 Å². The van der Waals surface area contributed by atoms with Crippen LogP contribution in [-0.4, -0.2) is 71.3 Å². The third-order valence-corrected chi connectivity index (χ3v) is 7.89. The normalized spacial score (nSPS) is 29.1. The second-order valence-corrected chi connectivity index (χ2v) is 12.7. The molecule has 3 rings (SSSR count). The maximum Gasteiger partial charge on any atom is 0.321 e. The minimum atomic E-state index is -0.812. The molecule has 7 nitrogen and oxygen atoms in total. The molecular formula is C26H43N3O4. The van der Waals surface area contributed by atoms with Crippen LogP contribution in [0.1, 0.15) is 87.5 Å². The standard InChI is InChI=1S/C26H43N3O4/c1-23(2)16-19(27-13-11-9-10-12-20(27)30)17-24(3,4)28(23)21(22(31)32)18-14-25(5,6)29(33)26(7,8)15-18/h9-11,13,18-19,21,33H,12,14-17H2,1-8H3,(H,31,32). The van der Waals surface area contributed by atoms with E-state index in [1.807, 2.05) is 57.0 Å². The van der Waals surface area contributed by atoms with E-state index in [2.05, 4.69) is 32.6 Å². The molecule has 1 amide bonds. The van der Waals surface area contributed by atoms with Crippen LogP contribution in [0.3, 0.4) is 0 Å². The third-order valence-electron chi connectivity index (χ3n) is 7.89. The SMILES string of the molecule is CC1(C)CC(C(C(=O)O)N2C(C)(C)CC(N3C=CC=CCC3=O)CC2(C)C)CC(C)(C)N1O. The highest BCUT2D eigenvalue weighted by atomic mass is 16.5. The van der Waals surface area contributed by atoms with Crippen molar-refractivity contribution in [2.24, 2.45) is 5.92 Å². The number of piperidine rings is 2. The number of hydrogen-bond donors (Lipinski definition) is 2. The van der Waals surface area contributed by atoms with Crippen LogP contribution in [-0.2, 0) is 9.59 Å². The molecule has 2 fully saturated rings. The summed E-state index contributed by atoms with van der Waals surface area (Å²) in [6.07, 6.45) is 10.5. The molecule has 186 valence electrons. The summed E-state index contributed by atoms with van der Waals surface area (Å²) in [5.41, 5.74) is -1.92. The average molecular weight is 462 g/mol. The highest BCUT2D eigenvalue weighted by Gasteiger charge is 2.56. The van der Waals surface area contributed by atoms with Crippen LogP contribution in [0.25, 0.3) is 0 Å². The minimum Gasteiger partial charge on any atom is -0.480 e. The monoisotopic (exact) mass is 461 g/mol. The van der Waals surface area contributed by atoms with Gasteiger partial charge in [0.15, 0.2) is 0 Å². The van der Waals surface area contributed by atoms with Crippen molar-refractivity contribution in [3.8, 4) is 0 Å². The number of rotatable bonds is 4. The molecule has 1 unspecified atom stereocenters. The van der Waals surface area contributed by atoms with Crippen molar-refractivity contribution in [3.05, 3.63) is 24.4 Å². The molecule has 0 aromatic heterocycles. The second-order valence-electron chi connectivity index (χ2n) is 12.7. The highest BCUT2D eigenvalue weighted by Crippen LogP contribution is 2.48. The van der Waals surface area contributed by atoms with Crippen molar-refractivity contribution in [1.82, 2.24) is 14.9 Å². The highest BCUT2D eigenvalue weighted by molar-refractivity contribution is 5.80. The molecule has 7 heteroatoms. The Morgan fingerprint density at radius 3 is 1.91 bits per heavy atom. The van der Waals surface area contributed by atoms with E-state index in [-0.39, 0.29) is 17.9 Å². The van der Waals surface area contributed by atoms with Crippen molar-refractivity contribution >= 4 is 11.9 Å². The summed E-state index contributed by atoms with van der Waals surface area (Å²) in [6.45, 7) is 16.4. The predicted octanol–water partition coefficient (Wildman–Crippen LogP) is 4.42. The van der Waals surface area contributed by atoms with E-state index in [1.54, 1.807) is 0 Å². The van der Waals surface area contributed by atoms with Crippen LogP contribution >= 0.6 is 0 Å². The van der Waals surface area contributed by atoms with Gasteiger partial charge in [-0.3, -0.25) is 14.5 Å². The zero-order chi connectivity index (χ0) is 25.0. The van der Waals surface area contributed by atoms with E-state index in [4.69, 9.17) is 0 Å². The number of hydrogen-bond acceptors (Lipinski definition) is 5. The molecule has 0 radical (unpaired) electrons. The Morgan fingerprint density at radius 1 is 0.909 bits per heavy atom. The van der Waals surface area contributed by atoms with E-state index < -0.39 is 34.2 Å². The number of carboxylic acid groups (broad SMARTS) is 1. The van der Waals surface area contributed by atoms with Gasteiger partial charge in [0.1, 0.15) is 6.04 Å². The van der Waals surface area contributed by atoms with Gasteiger partial charge in [-0.05, 0) is 93.1 Å². The zero-order valence-corrected chi connectivity index (χ0v) is 21.6. The summed E-state index contributed by atoms with van der Waals surface area (Å²) in [5.74, 6) is -0.846. The van der Waals surface area contributed by atoms with Gasteiger partial charge in [0.2, 0.25) is 5.91 Å². The average Bonchev–Trinajstić information content (AvgIpc) is 2.85. The Bertz CT molecular complexity index is 806. The second kappa shape index (κ2) is 8.51. The fourth-order valence-electron chi connectivity index (χ4n) is 7.19. The first-order valence-corrected chi connectivity index (χ1v) is 12.2. The van der Waals surface area contributed by atoms with Crippen molar-refractivity contribution in [2.75, 3.05) is 0 Å². The molecule has 0 aromatic rings. The van der Waals surface area contributed by atoms with Crippen LogP contribution in [0.2, 0.25) is 0 Å². The number of amides is 1. The van der Waals surface area contributed by atoms with Crippen LogP contribution in [0.5, 0.6) is 0 Å². The van der Waals surface area contributed by atoms with Crippen LogP contribution in [0.15, 0.2) is 24.4 Å². The number of likely N-dealkylation sites (tertiary alicyclic amines) is 1. The zero-order valence-electron chi connectivity index (χ0n) is 21.6. The number of hydroxylamine groups is 2. The fourth-order valence-corrected chi connectivity index (χ4v) is 7.19. The maximum absolute atomic E-state index is 12.9. The van der Waals surface area contributed by atoms with Crippen LogP contribution in [0, 0.1) is 5.92 Å². The van der Waals surface area contributed by atoms with Gasteiger partial charge < -0.3 is 15.2 Å². The molecule has 1 atom stereocenters. The minimum absolute atomic E-state index is 0.0107. The Balaban J connectivity index is 1.96. The Hall–Kier alpha value is -1.70. The lowest BCUT2D eigenvalue weighted by molar-refractivity contribution is -0.258. The molecule has 0 bridgehead atoms. The van der Waals surface area contributed by atoms with E-state index in [1.165, 1.54) is 5.06 Å². The largest absolute Gasteiger partial charge is 0.480 e. The summed E-state index contributed by atoms with van der Waals surface area (Å²) in [7, 11) is 0. The lowest BCUT2D eigenvalue weighted by atomic mass is 9.68. The smallest absolute Gasteiger partial charge is 0.321 e. The third kappa shape index (κ3) is 4.91. The molecule has 2 N–H and O–H groups in total. The predicted molar refractivity (Wildman–Crippen MR) is 129 cm³/mol. The summed E-state index contributed by atoms with van der Waals surface area (Å²) in [6, 6.07) is -0.670. The first kappa shape index (κ1) is 25.9. The Morgan fingerprint density at radius 2 is 1.42 bits per heavy atom. The van der Waals surface area contributed by atoms with Crippen molar-refractivity contribution in [3.63, 3.8) is 0 Å². The Labute approximate surface area is 199 Å². The summed E-state index contributed by atoms with van der Waals surface area (Å²) < 4.78 is 0. The number of aliphatic carboxylic acids is 1. The van der Waals surface area contributed by atoms with Gasteiger partial charge in [-0.1, -0.05) is 12.2 Å². The molecule has 2 saturated heterocycles. The topological polar surface area (TPSA) is 84.3 Å². The molecular weight excluding hydrogens is 418 g/mol. The van der Waals surface area contributed by atoms with Crippen LogP contribution < -0.4 is 0 Å². The number of allylic oxidation sites excluding steroid dienone is 2. The Kier molecular flexibility index (Phi) is 6.68. The van der Waals surface area contributed by atoms with E-state index in [0.717, 1.165) is 0 Å². The first-order chi connectivity index (χ1) is 15.0. The number of nitrogens with zero attached hydrogens (tertiary/aromatic N) is 3. The summed E-state index contributed by atoms with van der Waals surface area (Å²) >= 11 is 0. The van der Waals surface area contributed by atoms with E-state index >= 15 is 0 Å². The number of carbonyl (C=O) groups is 2. The molecule has 3 heterocycles. The summed E-state index contributed by atoms with van der Waals surface area (Å²) in [4.78, 5) is 29.7. The molecule has 0 aliphatic carbocycles. The van der Waals surface area contributed by atoms with E-state index in [9.17, 15) is 19.9 Å². The van der Waals surface area contributed by atoms with Gasteiger partial charge in [-0.25, -0.2) is 0 Å². The van der Waals surface area contributed by atoms with Crippen molar-refractivity contribution in [1.29, 1.82) is 0 Å².